The SMILES string of the molecule is CC12CCC(O)CC1=CC=C1C2CCC2(C)C1CCC2(O)CN(Cc1ccccc1)S(=O)(=O)c1cccs1. The maximum atomic E-state index is 13.8. The quantitative estimate of drug-likeness (QED) is 0.466. The van der Waals surface area contributed by atoms with Crippen molar-refractivity contribution in [3.05, 3.63) is 76.7 Å². The molecular formula is C31H39NO4S2. The average Bonchev–Trinajstić information content (AvgIpc) is 3.53. The van der Waals surface area contributed by atoms with Gasteiger partial charge in [-0.25, -0.2) is 8.42 Å². The molecule has 6 rings (SSSR count). The predicted octanol–water partition coefficient (Wildman–Crippen LogP) is 5.91. The summed E-state index contributed by atoms with van der Waals surface area (Å²) in [7, 11) is -3.76. The average molecular weight is 554 g/mol. The summed E-state index contributed by atoms with van der Waals surface area (Å²) in [4.78, 5) is 0. The molecular weight excluding hydrogens is 514 g/mol. The Bertz CT molecular complexity index is 1350. The van der Waals surface area contributed by atoms with Crippen molar-refractivity contribution in [1.82, 2.24) is 4.31 Å². The van der Waals surface area contributed by atoms with Gasteiger partial charge in [-0.15, -0.1) is 11.3 Å². The molecule has 2 N–H and O–H groups in total. The summed E-state index contributed by atoms with van der Waals surface area (Å²) < 4.78 is 29.5. The van der Waals surface area contributed by atoms with Crippen molar-refractivity contribution in [3.63, 3.8) is 0 Å². The third-order valence-electron chi connectivity index (χ3n) is 10.6. The number of aliphatic hydroxyl groups excluding tert-OH is 1. The second-order valence-electron chi connectivity index (χ2n) is 12.5. The zero-order valence-corrected chi connectivity index (χ0v) is 24.0. The van der Waals surface area contributed by atoms with Crippen molar-refractivity contribution in [2.75, 3.05) is 6.54 Å². The van der Waals surface area contributed by atoms with Gasteiger partial charge in [0, 0.05) is 18.5 Å². The van der Waals surface area contributed by atoms with Gasteiger partial charge in [0.2, 0.25) is 0 Å². The maximum Gasteiger partial charge on any atom is 0.252 e. The number of hydrogen-bond donors (Lipinski definition) is 2. The van der Waals surface area contributed by atoms with Crippen LogP contribution in [-0.4, -0.2) is 41.2 Å². The largest absolute Gasteiger partial charge is 0.393 e. The van der Waals surface area contributed by atoms with E-state index >= 15 is 0 Å². The van der Waals surface area contributed by atoms with E-state index < -0.39 is 21.0 Å². The second kappa shape index (κ2) is 9.41. The summed E-state index contributed by atoms with van der Waals surface area (Å²) in [5, 5.41) is 24.5. The molecule has 7 heteroatoms. The number of sulfonamides is 1. The normalized spacial score (nSPS) is 36.7. The van der Waals surface area contributed by atoms with E-state index in [4.69, 9.17) is 0 Å². The van der Waals surface area contributed by atoms with Crippen LogP contribution >= 0.6 is 11.3 Å². The Morgan fingerprint density at radius 2 is 1.74 bits per heavy atom. The van der Waals surface area contributed by atoms with Crippen LogP contribution in [-0.2, 0) is 16.6 Å². The van der Waals surface area contributed by atoms with Crippen LogP contribution in [0.2, 0.25) is 0 Å². The first-order valence-corrected chi connectivity index (χ1v) is 16.3. The van der Waals surface area contributed by atoms with Crippen LogP contribution in [0.1, 0.15) is 64.4 Å². The standard InChI is InChI=1S/C31H39NO4S2/c1-29-15-12-24(33)19-23(29)10-11-25-26(29)13-16-30(2)27(25)14-17-31(30,34)21-32(20-22-7-4-3-5-8-22)38(35,36)28-9-6-18-37-28/h3-11,18,24,26-27,33-34H,12-17,19-21H2,1-2H3. The molecule has 1 aromatic carbocycles. The van der Waals surface area contributed by atoms with E-state index in [1.165, 1.54) is 26.8 Å². The topological polar surface area (TPSA) is 77.8 Å². The van der Waals surface area contributed by atoms with Crippen LogP contribution in [0.25, 0.3) is 0 Å². The molecule has 2 aromatic rings. The van der Waals surface area contributed by atoms with E-state index in [1.807, 2.05) is 30.3 Å². The number of hydrogen-bond acceptors (Lipinski definition) is 5. The molecule has 1 aromatic heterocycles. The number of allylic oxidation sites excluding steroid dienone is 3. The first-order valence-electron chi connectivity index (χ1n) is 14.0. The summed E-state index contributed by atoms with van der Waals surface area (Å²) in [5.74, 6) is 0.668. The third kappa shape index (κ3) is 4.08. The van der Waals surface area contributed by atoms with Gasteiger partial charge in [0.15, 0.2) is 0 Å². The zero-order valence-electron chi connectivity index (χ0n) is 22.3. The maximum absolute atomic E-state index is 13.8. The number of rotatable bonds is 6. The molecule has 0 radical (unpaired) electrons. The lowest BCUT2D eigenvalue weighted by Crippen LogP contribution is -2.56. The Balaban J connectivity index is 1.33. The van der Waals surface area contributed by atoms with E-state index in [-0.39, 0.29) is 30.5 Å². The molecule has 1 heterocycles. The molecule has 6 atom stereocenters. The van der Waals surface area contributed by atoms with Gasteiger partial charge in [-0.05, 0) is 79.2 Å². The van der Waals surface area contributed by atoms with Gasteiger partial charge in [-0.2, -0.15) is 4.31 Å². The number of fused-ring (bicyclic) bond motifs is 5. The molecule has 6 unspecified atom stereocenters. The number of nitrogens with zero attached hydrogens (tertiary/aromatic N) is 1. The van der Waals surface area contributed by atoms with E-state index in [1.54, 1.807) is 17.5 Å². The molecule has 0 saturated heterocycles. The monoisotopic (exact) mass is 553 g/mol. The van der Waals surface area contributed by atoms with Crippen molar-refractivity contribution in [2.24, 2.45) is 22.7 Å². The molecule has 4 aliphatic rings. The highest BCUT2D eigenvalue weighted by molar-refractivity contribution is 7.91. The summed E-state index contributed by atoms with van der Waals surface area (Å²) >= 11 is 1.23. The second-order valence-corrected chi connectivity index (χ2v) is 15.6. The molecule has 0 spiro atoms. The minimum absolute atomic E-state index is 0.0766. The van der Waals surface area contributed by atoms with Gasteiger partial charge in [-0.3, -0.25) is 0 Å². The smallest absolute Gasteiger partial charge is 0.252 e. The highest BCUT2D eigenvalue weighted by Crippen LogP contribution is 2.66. The Labute approximate surface area is 230 Å². The minimum atomic E-state index is -3.76. The van der Waals surface area contributed by atoms with Gasteiger partial charge in [-0.1, -0.05) is 73.5 Å². The molecule has 3 fully saturated rings. The highest BCUT2D eigenvalue weighted by atomic mass is 32.2. The molecule has 0 amide bonds. The summed E-state index contributed by atoms with van der Waals surface area (Å²) in [6, 6.07) is 13.1. The van der Waals surface area contributed by atoms with Crippen LogP contribution < -0.4 is 0 Å². The highest BCUT2D eigenvalue weighted by Gasteiger charge is 2.62. The first kappa shape index (κ1) is 26.5. The van der Waals surface area contributed by atoms with Crippen molar-refractivity contribution < 1.29 is 18.6 Å². The van der Waals surface area contributed by atoms with Crippen LogP contribution in [0.4, 0.5) is 0 Å². The van der Waals surface area contributed by atoms with Gasteiger partial charge in [0.25, 0.3) is 10.0 Å². The van der Waals surface area contributed by atoms with Crippen molar-refractivity contribution in [2.45, 2.75) is 81.3 Å². The third-order valence-corrected chi connectivity index (χ3v) is 13.8. The Morgan fingerprint density at radius 1 is 0.974 bits per heavy atom. The van der Waals surface area contributed by atoms with Gasteiger partial charge >= 0.3 is 0 Å². The lowest BCUT2D eigenvalue weighted by Gasteiger charge is -2.56. The molecule has 3 saturated carbocycles. The predicted molar refractivity (Wildman–Crippen MR) is 151 cm³/mol. The van der Waals surface area contributed by atoms with Crippen LogP contribution in [0.3, 0.4) is 0 Å². The van der Waals surface area contributed by atoms with E-state index in [2.05, 4.69) is 26.0 Å². The summed E-state index contributed by atoms with van der Waals surface area (Å²) in [6.07, 6.45) is 10.2. The molecule has 5 nitrogen and oxygen atoms in total. The first-order chi connectivity index (χ1) is 18.1. The Morgan fingerprint density at radius 3 is 2.47 bits per heavy atom. The molecule has 38 heavy (non-hydrogen) atoms. The van der Waals surface area contributed by atoms with Crippen molar-refractivity contribution >= 4 is 21.4 Å². The van der Waals surface area contributed by atoms with Crippen LogP contribution in [0.5, 0.6) is 0 Å². The van der Waals surface area contributed by atoms with Crippen molar-refractivity contribution in [1.29, 1.82) is 0 Å². The van der Waals surface area contributed by atoms with Gasteiger partial charge < -0.3 is 10.2 Å². The fourth-order valence-electron chi connectivity index (χ4n) is 8.20. The zero-order chi connectivity index (χ0) is 26.8. The van der Waals surface area contributed by atoms with Crippen LogP contribution in [0.15, 0.2) is 75.4 Å². The molecule has 0 aliphatic heterocycles. The van der Waals surface area contributed by atoms with Crippen LogP contribution in [0, 0.1) is 22.7 Å². The molecule has 4 aliphatic carbocycles. The van der Waals surface area contributed by atoms with Gasteiger partial charge in [0.05, 0.1) is 11.7 Å². The molecule has 0 bridgehead atoms. The number of aliphatic hydroxyl groups is 2. The fraction of sp³-hybridized carbons (Fsp3) is 0.548. The Hall–Kier alpha value is -1.77. The summed E-state index contributed by atoms with van der Waals surface area (Å²) in [6.45, 7) is 4.91. The van der Waals surface area contributed by atoms with E-state index in [0.717, 1.165) is 44.1 Å². The lowest BCUT2D eigenvalue weighted by atomic mass is 9.50. The fourth-order valence-corrected chi connectivity index (χ4v) is 10.8. The number of benzene rings is 1. The van der Waals surface area contributed by atoms with Gasteiger partial charge in [0.1, 0.15) is 4.21 Å². The minimum Gasteiger partial charge on any atom is -0.393 e. The van der Waals surface area contributed by atoms with E-state index in [9.17, 15) is 18.6 Å². The lowest BCUT2D eigenvalue weighted by molar-refractivity contribution is -0.0933. The Kier molecular flexibility index (Phi) is 6.55. The number of thiophene rings is 1. The summed E-state index contributed by atoms with van der Waals surface area (Å²) in [5.41, 5.74) is 2.29. The van der Waals surface area contributed by atoms with E-state index in [0.29, 0.717) is 16.5 Å². The van der Waals surface area contributed by atoms with Crippen molar-refractivity contribution in [3.8, 4) is 0 Å². The molecule has 204 valence electrons.